The number of hydrogen-bond donors (Lipinski definition) is 3. The minimum atomic E-state index is -0.531. The van der Waals surface area contributed by atoms with E-state index in [1.165, 1.54) is 12.1 Å². The minimum Gasteiger partial charge on any atom is -0.395 e. The van der Waals surface area contributed by atoms with Crippen LogP contribution in [0.3, 0.4) is 0 Å². The zero-order valence-corrected chi connectivity index (χ0v) is 10.8. The van der Waals surface area contributed by atoms with Gasteiger partial charge in [0, 0.05) is 6.54 Å². The van der Waals surface area contributed by atoms with Crippen LogP contribution in [0.25, 0.3) is 0 Å². The summed E-state index contributed by atoms with van der Waals surface area (Å²) in [4.78, 5) is 26.4. The van der Waals surface area contributed by atoms with E-state index in [9.17, 15) is 9.59 Å². The number of aromatic nitrogens is 1. The van der Waals surface area contributed by atoms with Crippen LogP contribution in [0.2, 0.25) is 10.3 Å². The zero-order valence-electron chi connectivity index (χ0n) is 9.24. The highest BCUT2D eigenvalue weighted by atomic mass is 35.5. The Balaban J connectivity index is 2.51. The predicted molar refractivity (Wildman–Crippen MR) is 67.6 cm³/mol. The maximum atomic E-state index is 11.5. The van der Waals surface area contributed by atoms with Crippen LogP contribution in [-0.4, -0.2) is 35.1 Å². The van der Waals surface area contributed by atoms with E-state index in [0.717, 1.165) is 0 Å². The van der Waals surface area contributed by atoms with E-state index in [-0.39, 0.29) is 35.6 Å². The van der Waals surface area contributed by atoms with Gasteiger partial charge in [-0.25, -0.2) is 4.98 Å². The van der Waals surface area contributed by atoms with Crippen molar-refractivity contribution in [2.75, 3.05) is 18.5 Å². The summed E-state index contributed by atoms with van der Waals surface area (Å²) in [7, 11) is 0. The molecule has 0 spiro atoms. The van der Waals surface area contributed by atoms with E-state index < -0.39 is 11.8 Å². The third-order valence-electron chi connectivity index (χ3n) is 1.84. The van der Waals surface area contributed by atoms with Crippen molar-refractivity contribution in [2.45, 2.75) is 6.42 Å². The molecule has 0 saturated heterocycles. The molecular formula is C10H11Cl2N3O3. The lowest BCUT2D eigenvalue weighted by Gasteiger charge is -2.07. The van der Waals surface area contributed by atoms with E-state index in [0.29, 0.717) is 0 Å². The lowest BCUT2D eigenvalue weighted by atomic mass is 10.3. The molecule has 0 aliphatic rings. The Morgan fingerprint density at radius 3 is 2.61 bits per heavy atom. The van der Waals surface area contributed by atoms with Gasteiger partial charge in [0.05, 0.1) is 12.3 Å². The molecule has 0 radical (unpaired) electrons. The third-order valence-corrected chi connectivity index (χ3v) is 2.34. The van der Waals surface area contributed by atoms with Crippen LogP contribution in [0.15, 0.2) is 12.1 Å². The van der Waals surface area contributed by atoms with E-state index in [2.05, 4.69) is 15.6 Å². The predicted octanol–water partition coefficient (Wildman–Crippen LogP) is 0.825. The lowest BCUT2D eigenvalue weighted by Crippen LogP contribution is -2.30. The molecule has 0 fully saturated rings. The average Bonchev–Trinajstić information content (AvgIpc) is 2.30. The van der Waals surface area contributed by atoms with Crippen molar-refractivity contribution < 1.29 is 14.7 Å². The first-order valence-corrected chi connectivity index (χ1v) is 5.78. The summed E-state index contributed by atoms with van der Waals surface area (Å²) in [5.41, 5.74) is 0.279. The zero-order chi connectivity index (χ0) is 13.5. The number of nitrogens with zero attached hydrogens (tertiary/aromatic N) is 1. The highest BCUT2D eigenvalue weighted by molar-refractivity contribution is 6.34. The Labute approximate surface area is 113 Å². The fraction of sp³-hybridized carbons (Fsp3) is 0.300. The summed E-state index contributed by atoms with van der Waals surface area (Å²) in [5.74, 6) is -1.02. The molecule has 2 amide bonds. The fourth-order valence-corrected chi connectivity index (χ4v) is 1.50. The van der Waals surface area contributed by atoms with E-state index >= 15 is 0 Å². The van der Waals surface area contributed by atoms with Crippen LogP contribution in [0, 0.1) is 0 Å². The Morgan fingerprint density at radius 2 is 2.00 bits per heavy atom. The smallest absolute Gasteiger partial charge is 0.233 e. The Bertz CT molecular complexity index is 454. The number of rotatable bonds is 5. The summed E-state index contributed by atoms with van der Waals surface area (Å²) < 4.78 is 0. The summed E-state index contributed by atoms with van der Waals surface area (Å²) in [6.07, 6.45) is -0.362. The summed E-state index contributed by atoms with van der Waals surface area (Å²) in [5, 5.41) is 13.5. The van der Waals surface area contributed by atoms with Crippen LogP contribution in [-0.2, 0) is 9.59 Å². The lowest BCUT2D eigenvalue weighted by molar-refractivity contribution is -0.126. The fourth-order valence-electron chi connectivity index (χ4n) is 1.10. The molecule has 0 unspecified atom stereocenters. The van der Waals surface area contributed by atoms with Gasteiger partial charge in [-0.15, -0.1) is 0 Å². The summed E-state index contributed by atoms with van der Waals surface area (Å²) in [6, 6.07) is 2.95. The number of aliphatic hydroxyl groups excluding tert-OH is 1. The molecule has 6 nitrogen and oxygen atoms in total. The molecule has 18 heavy (non-hydrogen) atoms. The molecule has 98 valence electrons. The molecule has 0 atom stereocenters. The molecule has 0 aliphatic heterocycles. The van der Waals surface area contributed by atoms with Gasteiger partial charge in [-0.05, 0) is 12.1 Å². The average molecular weight is 292 g/mol. The van der Waals surface area contributed by atoms with Crippen molar-refractivity contribution >= 4 is 40.7 Å². The number of aliphatic hydroxyl groups is 1. The van der Waals surface area contributed by atoms with Crippen LogP contribution in [0.5, 0.6) is 0 Å². The normalized spacial score (nSPS) is 9.94. The van der Waals surface area contributed by atoms with Crippen molar-refractivity contribution in [1.29, 1.82) is 0 Å². The Hall–Kier alpha value is -1.37. The highest BCUT2D eigenvalue weighted by Crippen LogP contribution is 2.21. The van der Waals surface area contributed by atoms with Gasteiger partial charge in [-0.3, -0.25) is 9.59 Å². The third kappa shape index (κ3) is 4.87. The second-order valence-electron chi connectivity index (χ2n) is 3.27. The molecule has 0 aromatic carbocycles. The first kappa shape index (κ1) is 14.7. The minimum absolute atomic E-state index is 0.0478. The number of nitrogens with one attached hydrogen (secondary N) is 2. The van der Waals surface area contributed by atoms with Gasteiger partial charge < -0.3 is 15.7 Å². The highest BCUT2D eigenvalue weighted by Gasteiger charge is 2.11. The van der Waals surface area contributed by atoms with Gasteiger partial charge in [0.2, 0.25) is 11.8 Å². The summed E-state index contributed by atoms with van der Waals surface area (Å²) >= 11 is 11.3. The van der Waals surface area contributed by atoms with Crippen LogP contribution in [0.1, 0.15) is 6.42 Å². The first-order chi connectivity index (χ1) is 8.52. The molecule has 3 N–H and O–H groups in total. The van der Waals surface area contributed by atoms with Crippen molar-refractivity contribution in [3.05, 3.63) is 22.4 Å². The van der Waals surface area contributed by atoms with E-state index in [4.69, 9.17) is 28.3 Å². The standard InChI is InChI=1S/C10H11Cl2N3O3/c11-7-2-1-6(10(12)15-7)14-9(18)5-8(17)13-3-4-16/h1-2,16H,3-5H2,(H,13,17)(H,14,18). The number of halogens is 2. The number of pyridine rings is 1. The number of carbonyl (C=O) groups is 2. The van der Waals surface area contributed by atoms with Gasteiger partial charge >= 0.3 is 0 Å². The largest absolute Gasteiger partial charge is 0.395 e. The topological polar surface area (TPSA) is 91.3 Å². The van der Waals surface area contributed by atoms with E-state index in [1.807, 2.05) is 0 Å². The maximum Gasteiger partial charge on any atom is 0.233 e. The van der Waals surface area contributed by atoms with Gasteiger partial charge in [0.1, 0.15) is 11.6 Å². The number of anilines is 1. The Morgan fingerprint density at radius 1 is 1.28 bits per heavy atom. The van der Waals surface area contributed by atoms with Crippen molar-refractivity contribution in [3.8, 4) is 0 Å². The first-order valence-electron chi connectivity index (χ1n) is 5.02. The van der Waals surface area contributed by atoms with Crippen LogP contribution >= 0.6 is 23.2 Å². The SMILES string of the molecule is O=C(CC(=O)Nc1ccc(Cl)nc1Cl)NCCO. The van der Waals surface area contributed by atoms with Crippen LogP contribution < -0.4 is 10.6 Å². The van der Waals surface area contributed by atoms with Gasteiger partial charge in [0.25, 0.3) is 0 Å². The van der Waals surface area contributed by atoms with Gasteiger partial charge in [-0.1, -0.05) is 23.2 Å². The van der Waals surface area contributed by atoms with Gasteiger partial charge in [0.15, 0.2) is 5.15 Å². The molecular weight excluding hydrogens is 281 g/mol. The molecule has 8 heteroatoms. The van der Waals surface area contributed by atoms with Crippen molar-refractivity contribution in [2.24, 2.45) is 0 Å². The molecule has 1 aromatic rings. The number of carbonyl (C=O) groups excluding carboxylic acids is 2. The maximum absolute atomic E-state index is 11.5. The van der Waals surface area contributed by atoms with E-state index in [1.54, 1.807) is 0 Å². The molecule has 0 saturated carbocycles. The number of amides is 2. The molecule has 0 bridgehead atoms. The molecule has 1 rings (SSSR count). The van der Waals surface area contributed by atoms with Crippen LogP contribution in [0.4, 0.5) is 5.69 Å². The molecule has 1 aromatic heterocycles. The monoisotopic (exact) mass is 291 g/mol. The Kier molecular flexibility index (Phi) is 5.84. The summed E-state index contributed by atoms with van der Waals surface area (Å²) in [6.45, 7) is -0.0737. The van der Waals surface area contributed by atoms with Crippen molar-refractivity contribution in [3.63, 3.8) is 0 Å². The molecule has 1 heterocycles. The molecule has 0 aliphatic carbocycles. The second-order valence-corrected chi connectivity index (χ2v) is 4.02. The second kappa shape index (κ2) is 7.15. The quantitative estimate of drug-likeness (QED) is 0.553. The van der Waals surface area contributed by atoms with Gasteiger partial charge in [-0.2, -0.15) is 0 Å². The number of hydrogen-bond acceptors (Lipinski definition) is 4. The van der Waals surface area contributed by atoms with Crippen molar-refractivity contribution in [1.82, 2.24) is 10.3 Å².